The number of aromatic nitrogens is 2. The first-order valence-corrected chi connectivity index (χ1v) is 9.03. The van der Waals surface area contributed by atoms with E-state index in [-0.39, 0.29) is 6.03 Å². The van der Waals surface area contributed by atoms with Crippen LogP contribution in [0.2, 0.25) is 0 Å². The summed E-state index contributed by atoms with van der Waals surface area (Å²) in [5, 5.41) is 3.07. The molecule has 1 fully saturated rings. The fourth-order valence-electron chi connectivity index (χ4n) is 3.22. The molecular weight excluding hydrogens is 338 g/mol. The van der Waals surface area contributed by atoms with E-state index in [9.17, 15) is 4.79 Å². The zero-order valence-electron chi connectivity index (χ0n) is 15.0. The summed E-state index contributed by atoms with van der Waals surface area (Å²) in [5.41, 5.74) is 2.92. The third-order valence-corrected chi connectivity index (χ3v) is 4.66. The van der Waals surface area contributed by atoms with Gasteiger partial charge in [0.2, 0.25) is 5.95 Å². The largest absolute Gasteiger partial charge is 0.337 e. The predicted molar refractivity (Wildman–Crippen MR) is 107 cm³/mol. The van der Waals surface area contributed by atoms with Crippen LogP contribution in [0.3, 0.4) is 0 Å². The van der Waals surface area contributed by atoms with Gasteiger partial charge in [-0.2, -0.15) is 0 Å². The maximum Gasteiger partial charge on any atom is 0.321 e. The number of hydrogen-bond acceptors (Lipinski definition) is 4. The van der Waals surface area contributed by atoms with Crippen LogP contribution in [0.1, 0.15) is 0 Å². The molecule has 27 heavy (non-hydrogen) atoms. The van der Waals surface area contributed by atoms with Crippen molar-refractivity contribution in [2.45, 2.75) is 0 Å². The molecule has 0 aliphatic carbocycles. The minimum Gasteiger partial charge on any atom is -0.337 e. The van der Waals surface area contributed by atoms with Crippen molar-refractivity contribution in [1.29, 1.82) is 0 Å². The van der Waals surface area contributed by atoms with Crippen LogP contribution in [0, 0.1) is 0 Å². The molecule has 0 radical (unpaired) electrons. The first kappa shape index (κ1) is 17.0. The number of piperazine rings is 1. The topological polar surface area (TPSA) is 61.4 Å². The van der Waals surface area contributed by atoms with E-state index in [1.54, 1.807) is 18.5 Å². The van der Waals surface area contributed by atoms with E-state index >= 15 is 0 Å². The molecule has 6 nitrogen and oxygen atoms in total. The average molecular weight is 359 g/mol. The number of para-hydroxylation sites is 1. The number of amides is 2. The highest BCUT2D eigenvalue weighted by molar-refractivity contribution is 5.94. The summed E-state index contributed by atoms with van der Waals surface area (Å²) in [6.07, 6.45) is 3.48. The Kier molecular flexibility index (Phi) is 4.96. The van der Waals surface area contributed by atoms with Crippen LogP contribution in [-0.4, -0.2) is 47.1 Å². The van der Waals surface area contributed by atoms with Crippen molar-refractivity contribution in [1.82, 2.24) is 14.9 Å². The van der Waals surface area contributed by atoms with Crippen molar-refractivity contribution in [3.63, 3.8) is 0 Å². The normalized spacial score (nSPS) is 14.1. The van der Waals surface area contributed by atoms with E-state index in [0.29, 0.717) is 19.0 Å². The molecule has 136 valence electrons. The van der Waals surface area contributed by atoms with Crippen LogP contribution >= 0.6 is 0 Å². The van der Waals surface area contributed by atoms with Crippen LogP contribution in [-0.2, 0) is 0 Å². The SMILES string of the molecule is O=C(Nc1ccccc1-c1ccccc1)N1CCN(c2ncccn2)CC1. The number of carbonyl (C=O) groups excluding carboxylic acids is 1. The summed E-state index contributed by atoms with van der Waals surface area (Å²) in [5.74, 6) is 0.715. The number of urea groups is 1. The summed E-state index contributed by atoms with van der Waals surface area (Å²) in [6, 6.07) is 19.7. The maximum atomic E-state index is 12.8. The quantitative estimate of drug-likeness (QED) is 0.777. The molecule has 6 heteroatoms. The minimum absolute atomic E-state index is 0.0768. The second-order valence-corrected chi connectivity index (χ2v) is 6.36. The van der Waals surface area contributed by atoms with Crippen LogP contribution < -0.4 is 10.2 Å². The van der Waals surface area contributed by atoms with Crippen molar-refractivity contribution in [3.8, 4) is 11.1 Å². The highest BCUT2D eigenvalue weighted by Gasteiger charge is 2.23. The Morgan fingerprint density at radius 3 is 2.22 bits per heavy atom. The van der Waals surface area contributed by atoms with Gasteiger partial charge in [-0.1, -0.05) is 48.5 Å². The smallest absolute Gasteiger partial charge is 0.321 e. The number of anilines is 2. The standard InChI is InChI=1S/C21H21N5O/c27-21(26-15-13-25(14-16-26)20-22-11-6-12-23-20)24-19-10-5-4-9-18(19)17-7-2-1-3-8-17/h1-12H,13-16H2,(H,24,27). The molecule has 2 heterocycles. The van der Waals surface area contributed by atoms with Crippen LogP contribution in [0.4, 0.5) is 16.4 Å². The van der Waals surface area contributed by atoms with Gasteiger partial charge in [0.05, 0.1) is 5.69 Å². The molecule has 1 aromatic heterocycles. The Balaban J connectivity index is 1.42. The molecule has 2 aromatic carbocycles. The van der Waals surface area contributed by atoms with Gasteiger partial charge in [0.25, 0.3) is 0 Å². The molecule has 0 spiro atoms. The van der Waals surface area contributed by atoms with E-state index in [2.05, 4.69) is 20.2 Å². The van der Waals surface area contributed by atoms with Gasteiger partial charge in [-0.15, -0.1) is 0 Å². The molecule has 0 bridgehead atoms. The van der Waals surface area contributed by atoms with E-state index in [0.717, 1.165) is 29.9 Å². The Hall–Kier alpha value is -3.41. The zero-order valence-corrected chi connectivity index (χ0v) is 15.0. The first-order chi connectivity index (χ1) is 13.3. The van der Waals surface area contributed by atoms with Crippen molar-refractivity contribution in [2.75, 3.05) is 36.4 Å². The van der Waals surface area contributed by atoms with Gasteiger partial charge in [0.1, 0.15) is 0 Å². The summed E-state index contributed by atoms with van der Waals surface area (Å²) >= 11 is 0. The number of nitrogens with zero attached hydrogens (tertiary/aromatic N) is 4. The van der Waals surface area contributed by atoms with Gasteiger partial charge in [-0.25, -0.2) is 14.8 Å². The van der Waals surface area contributed by atoms with Gasteiger partial charge < -0.3 is 15.1 Å². The fourth-order valence-corrected chi connectivity index (χ4v) is 3.22. The van der Waals surface area contributed by atoms with E-state index < -0.39 is 0 Å². The summed E-state index contributed by atoms with van der Waals surface area (Å²) < 4.78 is 0. The summed E-state index contributed by atoms with van der Waals surface area (Å²) in [7, 11) is 0. The molecule has 1 N–H and O–H groups in total. The molecule has 2 amide bonds. The Labute approximate surface area is 158 Å². The average Bonchev–Trinajstić information content (AvgIpc) is 2.75. The van der Waals surface area contributed by atoms with Gasteiger partial charge in [0, 0.05) is 44.1 Å². The maximum absolute atomic E-state index is 12.8. The fraction of sp³-hybridized carbons (Fsp3) is 0.190. The van der Waals surface area contributed by atoms with Gasteiger partial charge in [-0.05, 0) is 17.7 Å². The zero-order chi connectivity index (χ0) is 18.5. The molecule has 1 saturated heterocycles. The molecule has 3 aromatic rings. The number of benzene rings is 2. The summed E-state index contributed by atoms with van der Waals surface area (Å²) in [6.45, 7) is 2.71. The first-order valence-electron chi connectivity index (χ1n) is 9.03. The Bertz CT molecular complexity index is 893. The molecule has 1 aliphatic rings. The van der Waals surface area contributed by atoms with Crippen LogP contribution in [0.15, 0.2) is 73.1 Å². The molecule has 4 rings (SSSR count). The molecular formula is C21H21N5O. The lowest BCUT2D eigenvalue weighted by molar-refractivity contribution is 0.208. The molecule has 0 saturated carbocycles. The summed E-state index contributed by atoms with van der Waals surface area (Å²) in [4.78, 5) is 25.3. The molecule has 0 atom stereocenters. The van der Waals surface area contributed by atoms with Gasteiger partial charge in [-0.3, -0.25) is 0 Å². The second-order valence-electron chi connectivity index (χ2n) is 6.36. The highest BCUT2D eigenvalue weighted by atomic mass is 16.2. The van der Waals surface area contributed by atoms with Crippen molar-refractivity contribution >= 4 is 17.7 Å². The van der Waals surface area contributed by atoms with Gasteiger partial charge in [0.15, 0.2) is 0 Å². The lowest BCUT2D eigenvalue weighted by atomic mass is 10.0. The third kappa shape index (κ3) is 3.89. The van der Waals surface area contributed by atoms with E-state index in [1.807, 2.05) is 59.5 Å². The Morgan fingerprint density at radius 1 is 0.815 bits per heavy atom. The number of nitrogens with one attached hydrogen (secondary N) is 1. The van der Waals surface area contributed by atoms with E-state index in [4.69, 9.17) is 0 Å². The minimum atomic E-state index is -0.0768. The van der Waals surface area contributed by atoms with Crippen molar-refractivity contribution in [3.05, 3.63) is 73.1 Å². The van der Waals surface area contributed by atoms with Crippen LogP contribution in [0.5, 0.6) is 0 Å². The lowest BCUT2D eigenvalue weighted by Gasteiger charge is -2.34. The number of hydrogen-bond donors (Lipinski definition) is 1. The van der Waals surface area contributed by atoms with Crippen molar-refractivity contribution < 1.29 is 4.79 Å². The predicted octanol–water partition coefficient (Wildman–Crippen LogP) is 3.50. The third-order valence-electron chi connectivity index (χ3n) is 4.66. The molecule has 1 aliphatic heterocycles. The number of rotatable bonds is 3. The highest BCUT2D eigenvalue weighted by Crippen LogP contribution is 2.27. The monoisotopic (exact) mass is 359 g/mol. The number of carbonyl (C=O) groups is 1. The van der Waals surface area contributed by atoms with Gasteiger partial charge >= 0.3 is 6.03 Å². The van der Waals surface area contributed by atoms with E-state index in [1.165, 1.54) is 0 Å². The second kappa shape index (κ2) is 7.86. The molecule has 0 unspecified atom stereocenters. The van der Waals surface area contributed by atoms with Crippen molar-refractivity contribution in [2.24, 2.45) is 0 Å². The Morgan fingerprint density at radius 2 is 1.48 bits per heavy atom. The van der Waals surface area contributed by atoms with Crippen LogP contribution in [0.25, 0.3) is 11.1 Å². The lowest BCUT2D eigenvalue weighted by Crippen LogP contribution is -2.50.